The summed E-state index contributed by atoms with van der Waals surface area (Å²) < 4.78 is 31.8. The van der Waals surface area contributed by atoms with Crippen LogP contribution in [0.2, 0.25) is 0 Å². The van der Waals surface area contributed by atoms with Crippen molar-refractivity contribution in [1.82, 2.24) is 10.2 Å². The third kappa shape index (κ3) is 7.99. The average Bonchev–Trinajstić information content (AvgIpc) is 2.80. The number of carbonyl (C=O) groups is 2. The van der Waals surface area contributed by atoms with Crippen LogP contribution in [0.25, 0.3) is 0 Å². The van der Waals surface area contributed by atoms with Gasteiger partial charge in [-0.05, 0) is 61.6 Å². The normalized spacial score (nSPS) is 12.2. The molecule has 2 rings (SSSR count). The van der Waals surface area contributed by atoms with Gasteiger partial charge in [-0.15, -0.1) is 0 Å². The first-order chi connectivity index (χ1) is 16.3. The van der Waals surface area contributed by atoms with Gasteiger partial charge in [-0.2, -0.15) is 0 Å². The van der Waals surface area contributed by atoms with Crippen molar-refractivity contribution in [2.75, 3.05) is 30.8 Å². The summed E-state index contributed by atoms with van der Waals surface area (Å²) in [6, 6.07) is 11.8. The van der Waals surface area contributed by atoms with Crippen LogP contribution >= 0.6 is 0 Å². The number of carbonyl (C=O) groups excluding carboxylic acids is 2. The van der Waals surface area contributed by atoms with Crippen LogP contribution in [0, 0.1) is 19.8 Å². The zero-order chi connectivity index (χ0) is 26.3. The Bertz CT molecular complexity index is 1130. The maximum Gasteiger partial charge on any atom is 0.244 e. The minimum Gasteiger partial charge on any atom is -0.497 e. The molecule has 1 N–H and O–H groups in total. The van der Waals surface area contributed by atoms with Crippen molar-refractivity contribution in [3.05, 3.63) is 59.2 Å². The summed E-state index contributed by atoms with van der Waals surface area (Å²) in [5.74, 6) is 0.159. The van der Waals surface area contributed by atoms with Gasteiger partial charge in [0.2, 0.25) is 21.8 Å². The van der Waals surface area contributed by atoms with Gasteiger partial charge in [0.05, 0.1) is 19.1 Å². The summed E-state index contributed by atoms with van der Waals surface area (Å²) in [5.41, 5.74) is 2.85. The number of sulfonamides is 1. The van der Waals surface area contributed by atoms with E-state index in [0.29, 0.717) is 18.0 Å². The molecule has 2 aromatic rings. The molecule has 0 bridgehead atoms. The second-order valence-electron chi connectivity index (χ2n) is 9.24. The predicted molar refractivity (Wildman–Crippen MR) is 139 cm³/mol. The summed E-state index contributed by atoms with van der Waals surface area (Å²) in [7, 11) is -2.20. The van der Waals surface area contributed by atoms with Crippen LogP contribution in [-0.2, 0) is 26.2 Å². The van der Waals surface area contributed by atoms with Crippen LogP contribution < -0.4 is 14.4 Å². The molecular weight excluding hydrogens is 466 g/mol. The van der Waals surface area contributed by atoms with E-state index in [0.717, 1.165) is 27.3 Å². The van der Waals surface area contributed by atoms with E-state index in [1.54, 1.807) is 39.2 Å². The Morgan fingerprint density at radius 2 is 1.66 bits per heavy atom. The van der Waals surface area contributed by atoms with E-state index >= 15 is 0 Å². The van der Waals surface area contributed by atoms with Crippen molar-refractivity contribution < 1.29 is 22.7 Å². The van der Waals surface area contributed by atoms with Crippen molar-refractivity contribution in [2.45, 2.75) is 47.2 Å². The molecular formula is C26H37N3O5S. The van der Waals surface area contributed by atoms with Gasteiger partial charge < -0.3 is 15.0 Å². The number of amides is 2. The number of hydrogen-bond acceptors (Lipinski definition) is 5. The van der Waals surface area contributed by atoms with E-state index in [1.807, 2.05) is 45.0 Å². The van der Waals surface area contributed by atoms with Gasteiger partial charge >= 0.3 is 0 Å². The standard InChI is InChI=1S/C26H37N3O5S/c1-18(2)15-27-26(31)21(5)28(16-22-10-12-23(34-6)13-11-22)25(30)17-29(35(7,32)33)24-14-19(3)8-9-20(24)4/h8-14,18,21H,15-17H2,1-7H3,(H,27,31). The maximum absolute atomic E-state index is 13.6. The van der Waals surface area contributed by atoms with Gasteiger partial charge in [-0.1, -0.05) is 38.1 Å². The molecule has 0 radical (unpaired) electrons. The number of rotatable bonds is 11. The van der Waals surface area contributed by atoms with Crippen LogP contribution in [0.3, 0.4) is 0 Å². The van der Waals surface area contributed by atoms with Gasteiger partial charge in [0.1, 0.15) is 18.3 Å². The molecule has 0 aliphatic carbocycles. The van der Waals surface area contributed by atoms with E-state index in [2.05, 4.69) is 5.32 Å². The predicted octanol–water partition coefficient (Wildman–Crippen LogP) is 3.27. The molecule has 1 atom stereocenters. The molecule has 0 saturated heterocycles. The molecule has 0 aliphatic heterocycles. The highest BCUT2D eigenvalue weighted by Crippen LogP contribution is 2.24. The fourth-order valence-corrected chi connectivity index (χ4v) is 4.44. The SMILES string of the molecule is COc1ccc(CN(C(=O)CN(c2cc(C)ccc2C)S(C)(=O)=O)C(C)C(=O)NCC(C)C)cc1. The van der Waals surface area contributed by atoms with Crippen molar-refractivity contribution in [2.24, 2.45) is 5.92 Å². The van der Waals surface area contributed by atoms with Gasteiger partial charge in [0, 0.05) is 13.1 Å². The lowest BCUT2D eigenvalue weighted by molar-refractivity contribution is -0.139. The molecule has 2 aromatic carbocycles. The van der Waals surface area contributed by atoms with E-state index in [-0.39, 0.29) is 18.4 Å². The van der Waals surface area contributed by atoms with E-state index in [1.165, 1.54) is 4.90 Å². The number of nitrogens with zero attached hydrogens (tertiary/aromatic N) is 2. The average molecular weight is 504 g/mol. The Morgan fingerprint density at radius 1 is 1.03 bits per heavy atom. The largest absolute Gasteiger partial charge is 0.497 e. The first-order valence-electron chi connectivity index (χ1n) is 11.6. The monoisotopic (exact) mass is 503 g/mol. The zero-order valence-electron chi connectivity index (χ0n) is 21.7. The van der Waals surface area contributed by atoms with Gasteiger partial charge in [0.15, 0.2) is 0 Å². The fourth-order valence-electron chi connectivity index (χ4n) is 3.55. The minimum absolute atomic E-state index is 0.142. The quantitative estimate of drug-likeness (QED) is 0.508. The molecule has 0 aromatic heterocycles. The van der Waals surface area contributed by atoms with E-state index in [9.17, 15) is 18.0 Å². The Balaban J connectivity index is 2.40. The summed E-state index contributed by atoms with van der Waals surface area (Å²) >= 11 is 0. The van der Waals surface area contributed by atoms with Gasteiger partial charge in [-0.3, -0.25) is 13.9 Å². The molecule has 9 heteroatoms. The summed E-state index contributed by atoms with van der Waals surface area (Å²) in [6.45, 7) is 9.49. The Hall–Kier alpha value is -3.07. The van der Waals surface area contributed by atoms with Crippen molar-refractivity contribution in [3.8, 4) is 5.75 Å². The fraction of sp³-hybridized carbons (Fsp3) is 0.462. The molecule has 8 nitrogen and oxygen atoms in total. The maximum atomic E-state index is 13.6. The molecule has 2 amide bonds. The van der Waals surface area contributed by atoms with Crippen molar-refractivity contribution in [3.63, 3.8) is 0 Å². The Morgan fingerprint density at radius 3 is 2.20 bits per heavy atom. The molecule has 192 valence electrons. The number of benzene rings is 2. The lowest BCUT2D eigenvalue weighted by Crippen LogP contribution is -2.51. The smallest absolute Gasteiger partial charge is 0.244 e. The zero-order valence-corrected chi connectivity index (χ0v) is 22.5. The lowest BCUT2D eigenvalue weighted by atomic mass is 10.1. The number of ether oxygens (including phenoxy) is 1. The lowest BCUT2D eigenvalue weighted by Gasteiger charge is -2.32. The third-order valence-corrected chi connectivity index (χ3v) is 6.80. The van der Waals surface area contributed by atoms with Crippen molar-refractivity contribution >= 4 is 27.5 Å². The van der Waals surface area contributed by atoms with Crippen molar-refractivity contribution in [1.29, 1.82) is 0 Å². The van der Waals surface area contributed by atoms with Crippen LogP contribution in [-0.4, -0.2) is 57.6 Å². The topological polar surface area (TPSA) is 96.0 Å². The second kappa shape index (κ2) is 12.1. The Labute approximate surface area is 209 Å². The minimum atomic E-state index is -3.77. The number of methoxy groups -OCH3 is 1. The third-order valence-electron chi connectivity index (χ3n) is 5.68. The number of hydrogen-bond donors (Lipinski definition) is 1. The number of nitrogens with one attached hydrogen (secondary N) is 1. The molecule has 0 fully saturated rings. The highest BCUT2D eigenvalue weighted by Gasteiger charge is 2.30. The molecule has 0 saturated carbocycles. The first kappa shape index (κ1) is 28.2. The molecule has 0 spiro atoms. The molecule has 0 heterocycles. The van der Waals surface area contributed by atoms with Gasteiger partial charge in [-0.25, -0.2) is 8.42 Å². The second-order valence-corrected chi connectivity index (χ2v) is 11.2. The van der Waals surface area contributed by atoms with Gasteiger partial charge in [0.25, 0.3) is 0 Å². The highest BCUT2D eigenvalue weighted by molar-refractivity contribution is 7.92. The van der Waals surface area contributed by atoms with Crippen LogP contribution in [0.4, 0.5) is 5.69 Å². The highest BCUT2D eigenvalue weighted by atomic mass is 32.2. The molecule has 35 heavy (non-hydrogen) atoms. The summed E-state index contributed by atoms with van der Waals surface area (Å²) in [6.07, 6.45) is 1.08. The molecule has 0 aliphatic rings. The summed E-state index contributed by atoms with van der Waals surface area (Å²) in [5, 5.41) is 2.87. The number of anilines is 1. The van der Waals surface area contributed by atoms with E-state index < -0.39 is 28.5 Å². The Kier molecular flexibility index (Phi) is 9.71. The van der Waals surface area contributed by atoms with Crippen LogP contribution in [0.5, 0.6) is 5.75 Å². The van der Waals surface area contributed by atoms with E-state index in [4.69, 9.17) is 4.74 Å². The van der Waals surface area contributed by atoms with Crippen LogP contribution in [0.1, 0.15) is 37.5 Å². The first-order valence-corrected chi connectivity index (χ1v) is 13.4. The van der Waals surface area contributed by atoms with Crippen LogP contribution in [0.15, 0.2) is 42.5 Å². The summed E-state index contributed by atoms with van der Waals surface area (Å²) in [4.78, 5) is 27.9. The molecule has 1 unspecified atom stereocenters. The number of aryl methyl sites for hydroxylation is 2.